The van der Waals surface area contributed by atoms with Gasteiger partial charge in [-0.2, -0.15) is 0 Å². The second kappa shape index (κ2) is 9.62. The number of amides is 2. The zero-order valence-electron chi connectivity index (χ0n) is 16.9. The molecule has 156 valence electrons. The topological polar surface area (TPSA) is 134 Å². The van der Waals surface area contributed by atoms with Crippen LogP contribution in [0.1, 0.15) is 10.4 Å². The Morgan fingerprint density at radius 3 is 2.13 bits per heavy atom. The van der Waals surface area contributed by atoms with Crippen molar-refractivity contribution >= 4 is 50.9 Å². The van der Waals surface area contributed by atoms with Gasteiger partial charge in [0.15, 0.2) is 0 Å². The monoisotopic (exact) mass is 432 g/mol. The van der Waals surface area contributed by atoms with Crippen molar-refractivity contribution < 1.29 is 9.59 Å². The Labute approximate surface area is 182 Å². The standard InChI is InChI=1S/C21H19N5OS.CHNO/c1-12-3-7-15(8-4-12)25-21(27)26-16-9-5-14(6-10-16)17-13(2)28-20-18(17)19(22)23-11-24-20;2-1-3/h3-11H,1-2H3,(H2,22,23,24)(H2,25,26,27);2H. The van der Waals surface area contributed by atoms with Crippen LogP contribution in [0.3, 0.4) is 0 Å². The number of thiophene rings is 1. The van der Waals surface area contributed by atoms with Crippen LogP contribution < -0.4 is 16.4 Å². The molecule has 5 N–H and O–H groups in total. The molecule has 0 spiro atoms. The molecule has 0 saturated heterocycles. The van der Waals surface area contributed by atoms with Gasteiger partial charge in [0, 0.05) is 21.8 Å². The van der Waals surface area contributed by atoms with E-state index in [4.69, 9.17) is 15.9 Å². The van der Waals surface area contributed by atoms with E-state index in [2.05, 4.69) is 20.6 Å². The lowest BCUT2D eigenvalue weighted by Crippen LogP contribution is -2.19. The van der Waals surface area contributed by atoms with Gasteiger partial charge in [0.2, 0.25) is 6.08 Å². The lowest BCUT2D eigenvalue weighted by atomic mass is 10.0. The molecule has 2 heterocycles. The number of fused-ring (bicyclic) bond motifs is 1. The second-order valence-corrected chi connectivity index (χ2v) is 7.80. The predicted octanol–water partition coefficient (Wildman–Crippen LogP) is 5.10. The number of aryl methyl sites for hydroxylation is 2. The summed E-state index contributed by atoms with van der Waals surface area (Å²) in [5, 5.41) is 11.9. The fraction of sp³-hybridized carbons (Fsp3) is 0.0909. The van der Waals surface area contributed by atoms with E-state index in [1.54, 1.807) is 11.3 Å². The van der Waals surface area contributed by atoms with Crippen molar-refractivity contribution in [1.82, 2.24) is 9.97 Å². The smallest absolute Gasteiger partial charge is 0.323 e. The maximum Gasteiger partial charge on any atom is 0.323 e. The van der Waals surface area contributed by atoms with Crippen LogP contribution in [0.25, 0.3) is 21.3 Å². The molecule has 0 aliphatic heterocycles. The number of rotatable bonds is 3. The highest BCUT2D eigenvalue weighted by Crippen LogP contribution is 2.39. The molecule has 4 rings (SSSR count). The number of carbonyl (C=O) groups excluding carboxylic acids is 2. The van der Waals surface area contributed by atoms with Crippen LogP contribution in [0, 0.1) is 19.3 Å². The fourth-order valence-electron chi connectivity index (χ4n) is 3.06. The average Bonchev–Trinajstić information content (AvgIpc) is 3.08. The molecule has 0 aliphatic carbocycles. The Morgan fingerprint density at radius 2 is 1.55 bits per heavy atom. The van der Waals surface area contributed by atoms with E-state index in [-0.39, 0.29) is 6.03 Å². The molecule has 4 aromatic rings. The van der Waals surface area contributed by atoms with Crippen LogP contribution in [-0.4, -0.2) is 22.1 Å². The van der Waals surface area contributed by atoms with Crippen LogP contribution in [0.4, 0.5) is 22.0 Å². The molecule has 0 radical (unpaired) electrons. The summed E-state index contributed by atoms with van der Waals surface area (Å²) in [6.07, 6.45) is 2.23. The molecule has 0 atom stereocenters. The van der Waals surface area contributed by atoms with E-state index in [1.165, 1.54) is 6.33 Å². The zero-order chi connectivity index (χ0) is 22.4. The van der Waals surface area contributed by atoms with E-state index in [1.807, 2.05) is 62.4 Å². The SMILES string of the molecule is Cc1ccc(NC(=O)Nc2ccc(-c3c(C)sc4ncnc(N)c34)cc2)cc1.N=C=O. The maximum atomic E-state index is 12.2. The summed E-state index contributed by atoms with van der Waals surface area (Å²) in [5.74, 6) is 0.476. The van der Waals surface area contributed by atoms with Crippen molar-refractivity contribution in [3.05, 3.63) is 65.3 Å². The summed E-state index contributed by atoms with van der Waals surface area (Å²) in [7, 11) is 0. The van der Waals surface area contributed by atoms with Crippen molar-refractivity contribution in [3.63, 3.8) is 0 Å². The van der Waals surface area contributed by atoms with Crippen LogP contribution in [0.5, 0.6) is 0 Å². The number of nitrogens with two attached hydrogens (primary N) is 1. The van der Waals surface area contributed by atoms with Gasteiger partial charge in [-0.3, -0.25) is 0 Å². The second-order valence-electron chi connectivity index (χ2n) is 6.60. The van der Waals surface area contributed by atoms with Gasteiger partial charge >= 0.3 is 6.03 Å². The lowest BCUT2D eigenvalue weighted by molar-refractivity contribution is 0.262. The summed E-state index contributed by atoms with van der Waals surface area (Å²) >= 11 is 1.59. The molecule has 9 heteroatoms. The number of urea groups is 1. The molecule has 0 unspecified atom stereocenters. The van der Waals surface area contributed by atoms with Crippen molar-refractivity contribution in [2.75, 3.05) is 16.4 Å². The molecule has 2 aromatic carbocycles. The number of nitrogen functional groups attached to an aromatic ring is 1. The highest BCUT2D eigenvalue weighted by Gasteiger charge is 2.15. The molecule has 8 nitrogen and oxygen atoms in total. The van der Waals surface area contributed by atoms with E-state index >= 15 is 0 Å². The lowest BCUT2D eigenvalue weighted by Gasteiger charge is -2.09. The molecule has 31 heavy (non-hydrogen) atoms. The number of hydrogen-bond acceptors (Lipinski definition) is 7. The summed E-state index contributed by atoms with van der Waals surface area (Å²) < 4.78 is 0. The molecule has 0 fully saturated rings. The summed E-state index contributed by atoms with van der Waals surface area (Å²) in [4.78, 5) is 31.0. The van der Waals surface area contributed by atoms with Gasteiger partial charge in [0.25, 0.3) is 0 Å². The summed E-state index contributed by atoms with van der Waals surface area (Å²) in [6.45, 7) is 4.05. The summed E-state index contributed by atoms with van der Waals surface area (Å²) in [5.41, 5.74) is 10.7. The maximum absolute atomic E-state index is 12.2. The van der Waals surface area contributed by atoms with Crippen molar-refractivity contribution in [2.45, 2.75) is 13.8 Å². The average molecular weight is 433 g/mol. The predicted molar refractivity (Wildman–Crippen MR) is 124 cm³/mol. The quantitative estimate of drug-likeness (QED) is 0.264. The number of nitrogens with one attached hydrogen (secondary N) is 3. The third kappa shape index (κ3) is 5.11. The van der Waals surface area contributed by atoms with Gasteiger partial charge in [-0.05, 0) is 43.7 Å². The van der Waals surface area contributed by atoms with Gasteiger partial charge < -0.3 is 16.4 Å². The Morgan fingerprint density at radius 1 is 1.00 bits per heavy atom. The van der Waals surface area contributed by atoms with E-state index < -0.39 is 0 Å². The van der Waals surface area contributed by atoms with Crippen LogP contribution in [0.15, 0.2) is 54.9 Å². The van der Waals surface area contributed by atoms with Crippen molar-refractivity contribution in [3.8, 4) is 11.1 Å². The fourth-order valence-corrected chi connectivity index (χ4v) is 4.09. The Balaban J connectivity index is 0.000000858. The van der Waals surface area contributed by atoms with Gasteiger partial charge in [-0.15, -0.1) is 11.3 Å². The number of isocyanates is 1. The van der Waals surface area contributed by atoms with Crippen LogP contribution in [0.2, 0.25) is 0 Å². The minimum absolute atomic E-state index is 0.286. The number of nitrogens with zero attached hydrogens (tertiary/aromatic N) is 2. The van der Waals surface area contributed by atoms with E-state index in [0.29, 0.717) is 11.5 Å². The first-order valence-electron chi connectivity index (χ1n) is 9.21. The van der Waals surface area contributed by atoms with E-state index in [0.717, 1.165) is 43.6 Å². The normalized spacial score (nSPS) is 10.0. The molecule has 0 bridgehead atoms. The Bertz CT molecular complexity index is 1240. The molecule has 2 aromatic heterocycles. The third-order valence-corrected chi connectivity index (χ3v) is 5.45. The van der Waals surface area contributed by atoms with Gasteiger partial charge in [0.1, 0.15) is 17.0 Å². The number of aromatic nitrogens is 2. The number of hydrogen-bond donors (Lipinski definition) is 4. The van der Waals surface area contributed by atoms with Gasteiger partial charge in [-0.1, -0.05) is 29.8 Å². The molecular weight excluding hydrogens is 412 g/mol. The number of benzene rings is 2. The molecule has 0 aliphatic rings. The van der Waals surface area contributed by atoms with Gasteiger partial charge in [0.05, 0.1) is 5.39 Å². The molecular formula is C22H20N6O2S. The van der Waals surface area contributed by atoms with Gasteiger partial charge in [-0.25, -0.2) is 25.0 Å². The molecule has 2 amide bonds. The van der Waals surface area contributed by atoms with E-state index in [9.17, 15) is 4.79 Å². The first-order valence-corrected chi connectivity index (χ1v) is 10.0. The Kier molecular flexibility index (Phi) is 6.71. The number of anilines is 3. The number of carbonyl (C=O) groups is 1. The zero-order valence-corrected chi connectivity index (χ0v) is 17.7. The largest absolute Gasteiger partial charge is 0.383 e. The minimum atomic E-state index is -0.286. The third-order valence-electron chi connectivity index (χ3n) is 4.43. The van der Waals surface area contributed by atoms with Crippen molar-refractivity contribution in [1.29, 1.82) is 5.41 Å². The van der Waals surface area contributed by atoms with Crippen LogP contribution >= 0.6 is 11.3 Å². The highest BCUT2D eigenvalue weighted by molar-refractivity contribution is 7.19. The van der Waals surface area contributed by atoms with Crippen molar-refractivity contribution in [2.24, 2.45) is 0 Å². The Hall–Kier alpha value is -4.07. The van der Waals surface area contributed by atoms with Crippen LogP contribution in [-0.2, 0) is 4.79 Å². The first-order chi connectivity index (χ1) is 14.9. The minimum Gasteiger partial charge on any atom is -0.383 e. The highest BCUT2D eigenvalue weighted by atomic mass is 32.1. The molecule has 0 saturated carbocycles. The summed E-state index contributed by atoms with van der Waals surface area (Å²) in [6, 6.07) is 15.0. The first kappa shape index (κ1) is 21.6.